The highest BCUT2D eigenvalue weighted by Crippen LogP contribution is 2.21. The highest BCUT2D eigenvalue weighted by molar-refractivity contribution is 7.89. The number of hydrogen-bond acceptors (Lipinski definition) is 5. The molecule has 1 heterocycles. The molecule has 130 valence electrons. The zero-order valence-electron chi connectivity index (χ0n) is 13.5. The van der Waals surface area contributed by atoms with Gasteiger partial charge >= 0.3 is 0 Å². The Kier molecular flexibility index (Phi) is 5.35. The standard InChI is InChI=1S/C15H18FN3O4S/c1-10-14(11(2)23-18-10)24(21,22)19(3)9-8-17-15(20)12-4-6-13(16)7-5-12/h4-7H,8-9H2,1-3H3,(H,17,20). The third kappa shape index (κ3) is 3.80. The molecule has 0 aliphatic rings. The van der Waals surface area contributed by atoms with Gasteiger partial charge in [-0.3, -0.25) is 4.79 Å². The average Bonchev–Trinajstić information content (AvgIpc) is 2.87. The number of nitrogens with one attached hydrogen (secondary N) is 1. The van der Waals surface area contributed by atoms with Crippen LogP contribution in [-0.4, -0.2) is 43.9 Å². The van der Waals surface area contributed by atoms with Gasteiger partial charge in [0.1, 0.15) is 16.4 Å². The van der Waals surface area contributed by atoms with E-state index in [0.717, 1.165) is 4.31 Å². The summed E-state index contributed by atoms with van der Waals surface area (Å²) in [4.78, 5) is 11.9. The van der Waals surface area contributed by atoms with Crippen molar-refractivity contribution >= 4 is 15.9 Å². The van der Waals surface area contributed by atoms with Gasteiger partial charge in [-0.1, -0.05) is 5.16 Å². The van der Waals surface area contributed by atoms with Crippen LogP contribution in [0.4, 0.5) is 4.39 Å². The highest BCUT2D eigenvalue weighted by atomic mass is 32.2. The lowest BCUT2D eigenvalue weighted by atomic mass is 10.2. The first-order valence-electron chi connectivity index (χ1n) is 7.16. The van der Waals surface area contributed by atoms with Gasteiger partial charge in [0, 0.05) is 25.7 Å². The molecule has 1 aromatic carbocycles. The first-order valence-corrected chi connectivity index (χ1v) is 8.60. The summed E-state index contributed by atoms with van der Waals surface area (Å²) < 4.78 is 43.8. The summed E-state index contributed by atoms with van der Waals surface area (Å²) in [5.41, 5.74) is 0.585. The molecule has 0 fully saturated rings. The van der Waals surface area contributed by atoms with Crippen LogP contribution in [0.2, 0.25) is 0 Å². The number of rotatable bonds is 6. The van der Waals surface area contributed by atoms with Gasteiger partial charge in [-0.2, -0.15) is 4.31 Å². The number of aryl methyl sites for hydroxylation is 2. The van der Waals surface area contributed by atoms with E-state index < -0.39 is 21.7 Å². The molecule has 2 rings (SSSR count). The van der Waals surface area contributed by atoms with Gasteiger partial charge in [0.2, 0.25) is 10.0 Å². The molecule has 0 aliphatic carbocycles. The monoisotopic (exact) mass is 355 g/mol. The van der Waals surface area contributed by atoms with E-state index in [4.69, 9.17) is 4.52 Å². The number of carbonyl (C=O) groups is 1. The molecule has 0 saturated heterocycles. The van der Waals surface area contributed by atoms with Crippen LogP contribution < -0.4 is 5.32 Å². The Morgan fingerprint density at radius 3 is 2.46 bits per heavy atom. The Morgan fingerprint density at radius 2 is 1.92 bits per heavy atom. The average molecular weight is 355 g/mol. The zero-order chi connectivity index (χ0) is 17.9. The quantitative estimate of drug-likeness (QED) is 0.847. The SMILES string of the molecule is Cc1noc(C)c1S(=O)(=O)N(C)CCNC(=O)c1ccc(F)cc1. The molecule has 2 aromatic rings. The van der Waals surface area contributed by atoms with E-state index in [1.165, 1.54) is 38.2 Å². The summed E-state index contributed by atoms with van der Waals surface area (Å²) in [6.45, 7) is 3.25. The molecule has 0 saturated carbocycles. The summed E-state index contributed by atoms with van der Waals surface area (Å²) in [5, 5.41) is 6.23. The number of sulfonamides is 1. The minimum atomic E-state index is -3.75. The molecule has 0 radical (unpaired) electrons. The molecule has 0 bridgehead atoms. The second kappa shape index (κ2) is 7.10. The van der Waals surface area contributed by atoms with Crippen molar-refractivity contribution in [2.45, 2.75) is 18.7 Å². The van der Waals surface area contributed by atoms with Crippen LogP contribution in [-0.2, 0) is 10.0 Å². The molecule has 0 spiro atoms. The van der Waals surface area contributed by atoms with Crippen molar-refractivity contribution in [2.75, 3.05) is 20.1 Å². The van der Waals surface area contributed by atoms with Gasteiger partial charge in [0.15, 0.2) is 5.76 Å². The Hall–Kier alpha value is -2.26. The van der Waals surface area contributed by atoms with Crippen LogP contribution in [0.5, 0.6) is 0 Å². The molecule has 0 unspecified atom stereocenters. The smallest absolute Gasteiger partial charge is 0.251 e. The first kappa shape index (κ1) is 18.1. The number of likely N-dealkylation sites (N-methyl/N-ethyl adjacent to an activating group) is 1. The van der Waals surface area contributed by atoms with E-state index >= 15 is 0 Å². The van der Waals surface area contributed by atoms with Gasteiger partial charge in [-0.25, -0.2) is 12.8 Å². The van der Waals surface area contributed by atoms with Gasteiger partial charge < -0.3 is 9.84 Å². The van der Waals surface area contributed by atoms with Crippen LogP contribution in [0.25, 0.3) is 0 Å². The van der Waals surface area contributed by atoms with E-state index in [9.17, 15) is 17.6 Å². The number of halogens is 1. The third-order valence-corrected chi connectivity index (χ3v) is 5.56. The zero-order valence-corrected chi connectivity index (χ0v) is 14.4. The van der Waals surface area contributed by atoms with Crippen LogP contribution >= 0.6 is 0 Å². The van der Waals surface area contributed by atoms with E-state index in [0.29, 0.717) is 5.56 Å². The maximum Gasteiger partial charge on any atom is 0.251 e. The third-order valence-electron chi connectivity index (χ3n) is 3.45. The highest BCUT2D eigenvalue weighted by Gasteiger charge is 2.28. The lowest BCUT2D eigenvalue weighted by Gasteiger charge is -2.17. The van der Waals surface area contributed by atoms with Crippen molar-refractivity contribution in [3.05, 3.63) is 47.1 Å². The van der Waals surface area contributed by atoms with Crippen LogP contribution in [0, 0.1) is 19.7 Å². The maximum atomic E-state index is 12.8. The Labute approximate surface area is 139 Å². The molecule has 7 nitrogen and oxygen atoms in total. The second-order valence-corrected chi connectivity index (χ2v) is 7.22. The predicted octanol–water partition coefficient (Wildman–Crippen LogP) is 1.48. The van der Waals surface area contributed by atoms with Crippen molar-refractivity contribution in [1.82, 2.24) is 14.8 Å². The first-order chi connectivity index (χ1) is 11.2. The summed E-state index contributed by atoms with van der Waals surface area (Å²) in [7, 11) is -2.34. The fourth-order valence-corrected chi connectivity index (χ4v) is 3.60. The minimum absolute atomic E-state index is 0.0369. The molecular weight excluding hydrogens is 337 g/mol. The van der Waals surface area contributed by atoms with Crippen molar-refractivity contribution in [3.63, 3.8) is 0 Å². The Balaban J connectivity index is 1.97. The molecule has 0 aliphatic heterocycles. The molecule has 9 heteroatoms. The topological polar surface area (TPSA) is 92.5 Å². The van der Waals surface area contributed by atoms with Crippen molar-refractivity contribution < 1.29 is 22.1 Å². The number of benzene rings is 1. The minimum Gasteiger partial charge on any atom is -0.360 e. The lowest BCUT2D eigenvalue weighted by molar-refractivity contribution is 0.0952. The van der Waals surface area contributed by atoms with Gasteiger partial charge in [0.05, 0.1) is 0 Å². The summed E-state index contributed by atoms with van der Waals surface area (Å²) in [5.74, 6) is -0.621. The van der Waals surface area contributed by atoms with Gasteiger partial charge in [0.25, 0.3) is 5.91 Å². The fourth-order valence-electron chi connectivity index (χ4n) is 2.15. The summed E-state index contributed by atoms with van der Waals surface area (Å²) in [6, 6.07) is 5.08. The van der Waals surface area contributed by atoms with Crippen LogP contribution in [0.3, 0.4) is 0 Å². The van der Waals surface area contributed by atoms with E-state index in [1.54, 1.807) is 6.92 Å². The maximum absolute atomic E-state index is 12.8. The van der Waals surface area contributed by atoms with Crippen molar-refractivity contribution in [1.29, 1.82) is 0 Å². The number of aromatic nitrogens is 1. The molecular formula is C15H18FN3O4S. The number of hydrogen-bond donors (Lipinski definition) is 1. The Morgan fingerprint density at radius 1 is 1.29 bits per heavy atom. The molecule has 1 amide bonds. The summed E-state index contributed by atoms with van der Waals surface area (Å²) in [6.07, 6.45) is 0. The van der Waals surface area contributed by atoms with Gasteiger partial charge in [-0.15, -0.1) is 0 Å². The van der Waals surface area contributed by atoms with E-state index in [2.05, 4.69) is 10.5 Å². The van der Waals surface area contributed by atoms with Crippen molar-refractivity contribution in [3.8, 4) is 0 Å². The van der Waals surface area contributed by atoms with Crippen LogP contribution in [0.15, 0.2) is 33.7 Å². The Bertz CT molecular complexity index is 811. The van der Waals surface area contributed by atoms with E-state index in [1.807, 2.05) is 0 Å². The lowest BCUT2D eigenvalue weighted by Crippen LogP contribution is -2.36. The number of nitrogens with zero attached hydrogens (tertiary/aromatic N) is 2. The number of amides is 1. The van der Waals surface area contributed by atoms with Crippen LogP contribution in [0.1, 0.15) is 21.8 Å². The molecule has 0 atom stereocenters. The number of carbonyl (C=O) groups excluding carboxylic acids is 1. The van der Waals surface area contributed by atoms with Gasteiger partial charge in [-0.05, 0) is 38.1 Å². The normalized spacial score (nSPS) is 11.7. The molecule has 24 heavy (non-hydrogen) atoms. The summed E-state index contributed by atoms with van der Waals surface area (Å²) >= 11 is 0. The predicted molar refractivity (Wildman–Crippen MR) is 84.5 cm³/mol. The van der Waals surface area contributed by atoms with Crippen molar-refractivity contribution in [2.24, 2.45) is 0 Å². The second-order valence-electron chi connectivity index (χ2n) is 5.24. The largest absolute Gasteiger partial charge is 0.360 e. The van der Waals surface area contributed by atoms with E-state index in [-0.39, 0.29) is 29.4 Å². The molecule has 1 aromatic heterocycles. The fraction of sp³-hybridized carbons (Fsp3) is 0.333. The molecule has 1 N–H and O–H groups in total.